The highest BCUT2D eigenvalue weighted by atomic mass is 79.9. The summed E-state index contributed by atoms with van der Waals surface area (Å²) in [5.41, 5.74) is -0.0698. The van der Waals surface area contributed by atoms with Gasteiger partial charge in [-0.2, -0.15) is 0 Å². The molecule has 0 spiro atoms. The number of aldehydes is 1. The van der Waals surface area contributed by atoms with Crippen molar-refractivity contribution in [3.8, 4) is 10.8 Å². The minimum absolute atomic E-state index is 0.0698. The van der Waals surface area contributed by atoms with Gasteiger partial charge in [0, 0.05) is 6.07 Å². The van der Waals surface area contributed by atoms with Crippen LogP contribution in [0.25, 0.3) is 0 Å². The molecular weight excluding hydrogens is 322 g/mol. The normalized spacial score (nSPS) is 10.1. The number of hydrogen-bond acceptors (Lipinski definition) is 5. The van der Waals surface area contributed by atoms with Gasteiger partial charge in [0.05, 0.1) is 9.80 Å². The molecule has 0 bridgehead atoms. The van der Waals surface area contributed by atoms with Crippen LogP contribution in [-0.4, -0.2) is 11.2 Å². The van der Waals surface area contributed by atoms with Gasteiger partial charge in [-0.05, 0) is 34.1 Å². The standard InChI is InChI=1S/C11H6BrNO4S/c12-11-8(13(15)16)2-1-3-9(11)17-10-5-4-7(6-14)18-10/h1-6H. The Morgan fingerprint density at radius 3 is 2.72 bits per heavy atom. The number of nitro benzene ring substituents is 1. The molecule has 92 valence electrons. The molecule has 2 aromatic rings. The number of halogens is 1. The summed E-state index contributed by atoms with van der Waals surface area (Å²) in [6.07, 6.45) is 0.722. The second-order valence-electron chi connectivity index (χ2n) is 3.22. The van der Waals surface area contributed by atoms with E-state index in [1.165, 1.54) is 23.5 Å². The molecule has 0 amide bonds. The summed E-state index contributed by atoms with van der Waals surface area (Å²) < 4.78 is 5.76. The number of carbonyl (C=O) groups excluding carboxylic acids is 1. The van der Waals surface area contributed by atoms with Gasteiger partial charge in [-0.15, -0.1) is 0 Å². The van der Waals surface area contributed by atoms with E-state index in [-0.39, 0.29) is 10.2 Å². The number of thiophene rings is 1. The number of nitrogens with zero attached hydrogens (tertiary/aromatic N) is 1. The number of benzene rings is 1. The van der Waals surface area contributed by atoms with E-state index < -0.39 is 4.92 Å². The molecule has 0 aliphatic heterocycles. The van der Waals surface area contributed by atoms with Gasteiger partial charge >= 0.3 is 0 Å². The highest BCUT2D eigenvalue weighted by molar-refractivity contribution is 9.10. The Bertz CT molecular complexity index is 611. The molecule has 0 aliphatic rings. The predicted octanol–water partition coefficient (Wildman–Crippen LogP) is 4.02. The Kier molecular flexibility index (Phi) is 3.73. The first-order valence-electron chi connectivity index (χ1n) is 4.77. The van der Waals surface area contributed by atoms with E-state index in [2.05, 4.69) is 15.9 Å². The number of ether oxygens (including phenoxy) is 1. The van der Waals surface area contributed by atoms with Crippen LogP contribution in [0.3, 0.4) is 0 Å². The second-order valence-corrected chi connectivity index (χ2v) is 5.09. The van der Waals surface area contributed by atoms with Crippen molar-refractivity contribution in [3.63, 3.8) is 0 Å². The molecule has 1 aromatic heterocycles. The fourth-order valence-corrected chi connectivity index (χ4v) is 2.45. The molecule has 0 saturated heterocycles. The van der Waals surface area contributed by atoms with Crippen molar-refractivity contribution in [2.45, 2.75) is 0 Å². The van der Waals surface area contributed by atoms with Crippen LogP contribution in [0.2, 0.25) is 0 Å². The lowest BCUT2D eigenvalue weighted by atomic mass is 10.3. The van der Waals surface area contributed by atoms with E-state index in [0.29, 0.717) is 15.7 Å². The van der Waals surface area contributed by atoms with Gasteiger partial charge in [0.2, 0.25) is 0 Å². The first-order valence-corrected chi connectivity index (χ1v) is 6.38. The molecule has 0 aliphatic carbocycles. The Morgan fingerprint density at radius 1 is 1.33 bits per heavy atom. The zero-order valence-electron chi connectivity index (χ0n) is 8.83. The molecule has 7 heteroatoms. The van der Waals surface area contributed by atoms with Crippen LogP contribution in [0.15, 0.2) is 34.8 Å². The smallest absolute Gasteiger partial charge is 0.287 e. The van der Waals surface area contributed by atoms with Crippen LogP contribution in [0.4, 0.5) is 5.69 Å². The van der Waals surface area contributed by atoms with Gasteiger partial charge in [-0.3, -0.25) is 14.9 Å². The van der Waals surface area contributed by atoms with E-state index in [4.69, 9.17) is 4.74 Å². The Labute approximate surface area is 114 Å². The maximum Gasteiger partial charge on any atom is 0.287 e. The van der Waals surface area contributed by atoms with Crippen molar-refractivity contribution in [3.05, 3.63) is 49.8 Å². The Hall–Kier alpha value is -1.73. The van der Waals surface area contributed by atoms with Crippen molar-refractivity contribution < 1.29 is 14.5 Å². The summed E-state index contributed by atoms with van der Waals surface area (Å²) in [7, 11) is 0. The molecule has 1 aromatic carbocycles. The second kappa shape index (κ2) is 5.28. The minimum Gasteiger partial charge on any atom is -0.445 e. The van der Waals surface area contributed by atoms with Gasteiger partial charge in [0.25, 0.3) is 5.69 Å². The number of nitro groups is 1. The number of rotatable bonds is 4. The number of hydrogen-bond donors (Lipinski definition) is 0. The molecule has 5 nitrogen and oxygen atoms in total. The summed E-state index contributed by atoms with van der Waals surface area (Å²) in [5.74, 6) is 0.337. The average Bonchev–Trinajstić information content (AvgIpc) is 2.79. The predicted molar refractivity (Wildman–Crippen MR) is 70.6 cm³/mol. The summed E-state index contributed by atoms with van der Waals surface area (Å²) in [6.45, 7) is 0. The topological polar surface area (TPSA) is 69.4 Å². The zero-order chi connectivity index (χ0) is 13.1. The lowest BCUT2D eigenvalue weighted by Gasteiger charge is -2.05. The van der Waals surface area contributed by atoms with Crippen molar-refractivity contribution in [2.24, 2.45) is 0 Å². The van der Waals surface area contributed by atoms with Crippen molar-refractivity contribution in [2.75, 3.05) is 0 Å². The Balaban J connectivity index is 2.31. The minimum atomic E-state index is -0.498. The fraction of sp³-hybridized carbons (Fsp3) is 0. The molecule has 0 N–H and O–H groups in total. The molecule has 2 rings (SSSR count). The monoisotopic (exact) mass is 327 g/mol. The first kappa shape index (κ1) is 12.7. The molecule has 0 radical (unpaired) electrons. The van der Waals surface area contributed by atoms with E-state index in [1.54, 1.807) is 18.2 Å². The van der Waals surface area contributed by atoms with Gasteiger partial charge in [-0.25, -0.2) is 0 Å². The van der Waals surface area contributed by atoms with Crippen molar-refractivity contribution in [1.29, 1.82) is 0 Å². The quantitative estimate of drug-likeness (QED) is 0.483. The molecule has 0 atom stereocenters. The molecule has 18 heavy (non-hydrogen) atoms. The van der Waals surface area contributed by atoms with Gasteiger partial charge < -0.3 is 4.74 Å². The van der Waals surface area contributed by atoms with E-state index in [0.717, 1.165) is 6.29 Å². The fourth-order valence-electron chi connectivity index (χ4n) is 1.28. The van der Waals surface area contributed by atoms with Gasteiger partial charge in [0.15, 0.2) is 11.3 Å². The maximum absolute atomic E-state index is 10.8. The van der Waals surface area contributed by atoms with E-state index >= 15 is 0 Å². The third-order valence-corrected chi connectivity index (χ3v) is 3.75. The lowest BCUT2D eigenvalue weighted by molar-refractivity contribution is -0.385. The van der Waals surface area contributed by atoms with Crippen LogP contribution >= 0.6 is 27.3 Å². The summed E-state index contributed by atoms with van der Waals surface area (Å²) >= 11 is 4.30. The van der Waals surface area contributed by atoms with Crippen molar-refractivity contribution in [1.82, 2.24) is 0 Å². The van der Waals surface area contributed by atoms with Crippen LogP contribution in [0.1, 0.15) is 9.67 Å². The average molecular weight is 328 g/mol. The summed E-state index contributed by atoms with van der Waals surface area (Å²) in [4.78, 5) is 21.3. The van der Waals surface area contributed by atoms with Crippen LogP contribution < -0.4 is 4.74 Å². The highest BCUT2D eigenvalue weighted by Gasteiger charge is 2.16. The SMILES string of the molecule is O=Cc1ccc(Oc2cccc([N+](=O)[O-])c2Br)s1. The third kappa shape index (κ3) is 2.57. The van der Waals surface area contributed by atoms with Crippen molar-refractivity contribution >= 4 is 39.2 Å². The third-order valence-electron chi connectivity index (χ3n) is 2.07. The molecule has 0 unspecified atom stereocenters. The molecule has 0 saturated carbocycles. The zero-order valence-corrected chi connectivity index (χ0v) is 11.2. The number of carbonyl (C=O) groups is 1. The van der Waals surface area contributed by atoms with E-state index in [9.17, 15) is 14.9 Å². The van der Waals surface area contributed by atoms with Crippen LogP contribution in [0.5, 0.6) is 10.8 Å². The highest BCUT2D eigenvalue weighted by Crippen LogP contribution is 2.38. The summed E-state index contributed by atoms with van der Waals surface area (Å²) in [5, 5.41) is 11.3. The van der Waals surface area contributed by atoms with Gasteiger partial charge in [0.1, 0.15) is 10.2 Å². The molecule has 0 fully saturated rings. The maximum atomic E-state index is 10.8. The summed E-state index contributed by atoms with van der Waals surface area (Å²) in [6, 6.07) is 7.78. The largest absolute Gasteiger partial charge is 0.445 e. The van der Waals surface area contributed by atoms with E-state index in [1.807, 2.05) is 0 Å². The Morgan fingerprint density at radius 2 is 2.11 bits per heavy atom. The first-order chi connectivity index (χ1) is 8.61. The molecular formula is C11H6BrNO4S. The lowest BCUT2D eigenvalue weighted by Crippen LogP contribution is -1.91. The van der Waals surface area contributed by atoms with Gasteiger partial charge in [-0.1, -0.05) is 17.4 Å². The van der Waals surface area contributed by atoms with Crippen LogP contribution in [0, 0.1) is 10.1 Å². The molecule has 1 heterocycles. The van der Waals surface area contributed by atoms with Crippen LogP contribution in [-0.2, 0) is 0 Å².